The first-order valence-corrected chi connectivity index (χ1v) is 10.7. The molecule has 0 atom stereocenters. The largest absolute Gasteiger partial charge is 0.480 e. The molecule has 0 radical (unpaired) electrons. The second-order valence-corrected chi connectivity index (χ2v) is 9.46. The summed E-state index contributed by atoms with van der Waals surface area (Å²) in [7, 11) is -3.53. The molecule has 2 saturated carbocycles. The Morgan fingerprint density at radius 1 is 1.37 bits per heavy atom. The predicted octanol–water partition coefficient (Wildman–Crippen LogP) is 1.74. The Kier molecular flexibility index (Phi) is 5.38. The maximum absolute atomic E-state index is 11.6. The quantitative estimate of drug-likeness (QED) is 0.476. The molecule has 2 fully saturated rings. The summed E-state index contributed by atoms with van der Waals surface area (Å²) in [5.74, 6) is -0.264. The van der Waals surface area contributed by atoms with E-state index in [1.54, 1.807) is 0 Å². The van der Waals surface area contributed by atoms with E-state index in [2.05, 4.69) is 5.32 Å². The number of hydrogen-bond donors (Lipinski definition) is 2. The van der Waals surface area contributed by atoms with E-state index in [4.69, 9.17) is 5.11 Å². The Labute approximate surface area is 157 Å². The van der Waals surface area contributed by atoms with E-state index < -0.39 is 20.7 Å². The summed E-state index contributed by atoms with van der Waals surface area (Å²) in [5.41, 5.74) is 0.00424. The Hall–Kier alpha value is -2.20. The molecule has 1 aromatic carbocycles. The number of rotatable bonds is 9. The lowest BCUT2D eigenvalue weighted by molar-refractivity contribution is -0.384. The molecule has 1 aromatic rings. The summed E-state index contributed by atoms with van der Waals surface area (Å²) >= 11 is 0. The summed E-state index contributed by atoms with van der Waals surface area (Å²) in [6.45, 7) is 0.796. The molecular weight excluding hydrogens is 374 g/mol. The van der Waals surface area contributed by atoms with Crippen LogP contribution in [0.3, 0.4) is 0 Å². The van der Waals surface area contributed by atoms with Gasteiger partial charge in [0.15, 0.2) is 9.84 Å². The number of nitro groups is 1. The van der Waals surface area contributed by atoms with Gasteiger partial charge in [-0.1, -0.05) is 0 Å². The molecule has 0 saturated heterocycles. The lowest BCUT2D eigenvalue weighted by atomic mass is 9.85. The maximum atomic E-state index is 11.6. The van der Waals surface area contributed by atoms with Gasteiger partial charge in [0, 0.05) is 31.0 Å². The molecule has 27 heavy (non-hydrogen) atoms. The lowest BCUT2D eigenvalue weighted by Crippen LogP contribution is -2.52. The third kappa shape index (κ3) is 4.95. The molecule has 9 nitrogen and oxygen atoms in total. The van der Waals surface area contributed by atoms with Crippen molar-refractivity contribution in [2.24, 2.45) is 5.92 Å². The molecule has 0 aromatic heterocycles. The van der Waals surface area contributed by atoms with Crippen molar-refractivity contribution in [3.8, 4) is 0 Å². The van der Waals surface area contributed by atoms with E-state index in [9.17, 15) is 23.3 Å². The van der Waals surface area contributed by atoms with Gasteiger partial charge in [-0.05, 0) is 43.7 Å². The van der Waals surface area contributed by atoms with Gasteiger partial charge >= 0.3 is 5.97 Å². The molecule has 2 N–H and O–H groups in total. The number of carboxylic acids is 1. The number of carbonyl (C=O) groups is 1. The van der Waals surface area contributed by atoms with E-state index >= 15 is 0 Å². The molecule has 10 heteroatoms. The SMILES string of the molecule is CS(=O)(=O)c1ccc(NC2CC(N(CC(=O)O)CC3CC3)C2)c([N+](=O)[O-])c1. The van der Waals surface area contributed by atoms with Crippen molar-refractivity contribution in [3.63, 3.8) is 0 Å². The molecule has 0 aliphatic heterocycles. The Balaban J connectivity index is 1.65. The van der Waals surface area contributed by atoms with E-state index in [0.717, 1.165) is 31.7 Å². The highest BCUT2D eigenvalue weighted by Gasteiger charge is 2.37. The monoisotopic (exact) mass is 397 g/mol. The fraction of sp³-hybridized carbons (Fsp3) is 0.588. The minimum absolute atomic E-state index is 0.00622. The van der Waals surface area contributed by atoms with Gasteiger partial charge in [0.05, 0.1) is 16.4 Å². The zero-order valence-corrected chi connectivity index (χ0v) is 15.8. The van der Waals surface area contributed by atoms with Gasteiger partial charge in [0.25, 0.3) is 5.69 Å². The van der Waals surface area contributed by atoms with Crippen molar-refractivity contribution in [3.05, 3.63) is 28.3 Å². The number of nitrogens with zero attached hydrogens (tertiary/aromatic N) is 2. The predicted molar refractivity (Wildman–Crippen MR) is 98.6 cm³/mol. The van der Waals surface area contributed by atoms with Gasteiger partial charge in [-0.25, -0.2) is 8.42 Å². The summed E-state index contributed by atoms with van der Waals surface area (Å²) in [5, 5.41) is 23.5. The number of sulfone groups is 1. The average molecular weight is 397 g/mol. The number of hydrogen-bond acceptors (Lipinski definition) is 7. The highest BCUT2D eigenvalue weighted by atomic mass is 32.2. The second kappa shape index (κ2) is 7.43. The van der Waals surface area contributed by atoms with Gasteiger partial charge in [-0.2, -0.15) is 0 Å². The lowest BCUT2D eigenvalue weighted by Gasteiger charge is -2.43. The summed E-state index contributed by atoms with van der Waals surface area (Å²) < 4.78 is 23.2. The first kappa shape index (κ1) is 19.6. The maximum Gasteiger partial charge on any atom is 0.317 e. The third-order valence-corrected chi connectivity index (χ3v) is 6.22. The molecule has 0 bridgehead atoms. The molecule has 0 amide bonds. The van der Waals surface area contributed by atoms with Crippen LogP contribution in [0, 0.1) is 16.0 Å². The van der Waals surface area contributed by atoms with Crippen LogP contribution in [0.2, 0.25) is 0 Å². The van der Waals surface area contributed by atoms with Crippen LogP contribution in [0.5, 0.6) is 0 Å². The highest BCUT2D eigenvalue weighted by Crippen LogP contribution is 2.36. The minimum Gasteiger partial charge on any atom is -0.480 e. The van der Waals surface area contributed by atoms with Gasteiger partial charge in [-0.15, -0.1) is 0 Å². The molecule has 148 valence electrons. The van der Waals surface area contributed by atoms with E-state index in [0.29, 0.717) is 18.8 Å². The van der Waals surface area contributed by atoms with Crippen molar-refractivity contribution in [2.45, 2.75) is 42.7 Å². The first-order valence-electron chi connectivity index (χ1n) is 8.84. The van der Waals surface area contributed by atoms with E-state index in [-0.39, 0.29) is 34.9 Å². The summed E-state index contributed by atoms with van der Waals surface area (Å²) in [6, 6.07) is 3.98. The fourth-order valence-electron chi connectivity index (χ4n) is 3.39. The zero-order valence-electron chi connectivity index (χ0n) is 15.0. The van der Waals surface area contributed by atoms with Gasteiger partial charge in [0.1, 0.15) is 5.69 Å². The topological polar surface area (TPSA) is 130 Å². The Bertz CT molecular complexity index is 846. The van der Waals surface area contributed by atoms with Crippen molar-refractivity contribution < 1.29 is 23.2 Å². The summed E-state index contributed by atoms with van der Waals surface area (Å²) in [4.78, 5) is 23.7. The van der Waals surface area contributed by atoms with Crippen LogP contribution in [0.1, 0.15) is 25.7 Å². The number of carboxylic acid groups (broad SMARTS) is 1. The molecule has 3 rings (SSSR count). The van der Waals surface area contributed by atoms with Crippen molar-refractivity contribution in [1.29, 1.82) is 0 Å². The van der Waals surface area contributed by atoms with Crippen molar-refractivity contribution >= 4 is 27.2 Å². The van der Waals surface area contributed by atoms with Crippen LogP contribution in [0.4, 0.5) is 11.4 Å². The number of nitro benzene ring substituents is 1. The number of benzene rings is 1. The number of aliphatic carboxylic acids is 1. The zero-order chi connectivity index (χ0) is 19.8. The molecule has 0 spiro atoms. The van der Waals surface area contributed by atoms with Crippen LogP contribution in [-0.2, 0) is 14.6 Å². The Morgan fingerprint density at radius 3 is 2.56 bits per heavy atom. The second-order valence-electron chi connectivity index (χ2n) is 7.44. The van der Waals surface area contributed by atoms with Crippen molar-refractivity contribution in [1.82, 2.24) is 4.90 Å². The highest BCUT2D eigenvalue weighted by molar-refractivity contribution is 7.90. The molecule has 0 heterocycles. The fourth-order valence-corrected chi connectivity index (χ4v) is 4.03. The van der Waals surface area contributed by atoms with Crippen molar-refractivity contribution in [2.75, 3.05) is 24.7 Å². The van der Waals surface area contributed by atoms with Crippen LogP contribution in [0.15, 0.2) is 23.1 Å². The van der Waals surface area contributed by atoms with E-state index in [1.807, 2.05) is 4.90 Å². The average Bonchev–Trinajstić information content (AvgIpc) is 3.32. The van der Waals surface area contributed by atoms with Gasteiger partial charge < -0.3 is 10.4 Å². The standard InChI is InChI=1S/C17H23N3O6S/c1-27(25,26)14-4-5-15(16(8-14)20(23)24)18-12-6-13(7-12)19(10-17(21)22)9-11-2-3-11/h4-5,8,11-13,18H,2-3,6-7,9-10H2,1H3,(H,21,22). The first-order chi connectivity index (χ1) is 12.6. The molecule has 2 aliphatic rings. The minimum atomic E-state index is -3.53. The number of anilines is 1. The molecular formula is C17H23N3O6S. The molecule has 0 unspecified atom stereocenters. The van der Waals surface area contributed by atoms with Gasteiger partial charge in [0.2, 0.25) is 0 Å². The van der Waals surface area contributed by atoms with Crippen LogP contribution in [-0.4, -0.2) is 60.7 Å². The third-order valence-electron chi connectivity index (χ3n) is 5.11. The smallest absolute Gasteiger partial charge is 0.317 e. The Morgan fingerprint density at radius 2 is 2.04 bits per heavy atom. The van der Waals surface area contributed by atoms with Gasteiger partial charge in [-0.3, -0.25) is 19.8 Å². The van der Waals surface area contributed by atoms with Crippen LogP contribution in [0.25, 0.3) is 0 Å². The summed E-state index contributed by atoms with van der Waals surface area (Å²) in [6.07, 6.45) is 4.69. The normalized spacial score (nSPS) is 22.3. The van der Waals surface area contributed by atoms with E-state index in [1.165, 1.54) is 12.1 Å². The molecule has 2 aliphatic carbocycles. The number of nitrogens with one attached hydrogen (secondary N) is 1. The van der Waals surface area contributed by atoms with Crippen LogP contribution < -0.4 is 5.32 Å². The van der Waals surface area contributed by atoms with Crippen LogP contribution >= 0.6 is 0 Å².